The minimum Gasteiger partial charge on any atom is -0.493 e. The highest BCUT2D eigenvalue weighted by Crippen LogP contribution is 2.34. The fourth-order valence-corrected chi connectivity index (χ4v) is 2.90. The molecule has 2 heteroatoms. The first-order chi connectivity index (χ1) is 10.3. The molecule has 2 atom stereocenters. The summed E-state index contributed by atoms with van der Waals surface area (Å²) in [6.45, 7) is 10.7. The van der Waals surface area contributed by atoms with E-state index in [1.54, 1.807) is 0 Å². The lowest BCUT2D eigenvalue weighted by molar-refractivity contribution is 0.288. The van der Waals surface area contributed by atoms with E-state index in [9.17, 15) is 0 Å². The molecule has 21 heavy (non-hydrogen) atoms. The van der Waals surface area contributed by atoms with Gasteiger partial charge < -0.3 is 10.1 Å². The molecule has 1 rings (SSSR count). The van der Waals surface area contributed by atoms with Gasteiger partial charge in [0.1, 0.15) is 5.75 Å². The van der Waals surface area contributed by atoms with Crippen LogP contribution in [-0.4, -0.2) is 13.2 Å². The summed E-state index contributed by atoms with van der Waals surface area (Å²) >= 11 is 0. The number of hydrogen-bond acceptors (Lipinski definition) is 2. The van der Waals surface area contributed by atoms with E-state index < -0.39 is 0 Å². The van der Waals surface area contributed by atoms with Crippen molar-refractivity contribution >= 4 is 0 Å². The second-order valence-electron chi connectivity index (χ2n) is 5.73. The molecule has 0 aliphatic rings. The number of hydrogen-bond donors (Lipinski definition) is 1. The van der Waals surface area contributed by atoms with Crippen LogP contribution in [0.5, 0.6) is 5.75 Å². The zero-order valence-electron chi connectivity index (χ0n) is 14.3. The van der Waals surface area contributed by atoms with Crippen LogP contribution < -0.4 is 10.1 Å². The molecule has 0 amide bonds. The fourth-order valence-electron chi connectivity index (χ4n) is 2.90. The maximum absolute atomic E-state index is 5.97. The van der Waals surface area contributed by atoms with Crippen LogP contribution >= 0.6 is 0 Å². The normalized spacial score (nSPS) is 13.9. The van der Waals surface area contributed by atoms with Gasteiger partial charge in [-0.1, -0.05) is 65.2 Å². The monoisotopic (exact) mass is 291 g/mol. The summed E-state index contributed by atoms with van der Waals surface area (Å²) in [5.41, 5.74) is 1.33. The van der Waals surface area contributed by atoms with Gasteiger partial charge in [0.15, 0.2) is 0 Å². The molecule has 0 radical (unpaired) electrons. The molecule has 120 valence electrons. The summed E-state index contributed by atoms with van der Waals surface area (Å²) in [7, 11) is 0. The molecule has 1 aromatic carbocycles. The predicted octanol–water partition coefficient (Wildman–Crippen LogP) is 5.34. The summed E-state index contributed by atoms with van der Waals surface area (Å²) < 4.78 is 5.97. The van der Waals surface area contributed by atoms with Crippen molar-refractivity contribution in [3.63, 3.8) is 0 Å². The number of rotatable bonds is 11. The molecule has 1 aromatic rings. The molecule has 0 heterocycles. The lowest BCUT2D eigenvalue weighted by Crippen LogP contribution is -2.28. The molecule has 0 saturated heterocycles. The Morgan fingerprint density at radius 1 is 1.05 bits per heavy atom. The van der Waals surface area contributed by atoms with Crippen molar-refractivity contribution in [3.05, 3.63) is 29.8 Å². The average Bonchev–Trinajstić information content (AvgIpc) is 2.53. The van der Waals surface area contributed by atoms with Gasteiger partial charge in [-0.25, -0.2) is 0 Å². The Labute approximate surface area is 131 Å². The first-order valence-electron chi connectivity index (χ1n) is 8.73. The van der Waals surface area contributed by atoms with Crippen LogP contribution in [-0.2, 0) is 0 Å². The van der Waals surface area contributed by atoms with Gasteiger partial charge in [-0.2, -0.15) is 0 Å². The molecule has 0 bridgehead atoms. The third-order valence-corrected chi connectivity index (χ3v) is 4.06. The highest BCUT2D eigenvalue weighted by Gasteiger charge is 2.23. The molecule has 2 nitrogen and oxygen atoms in total. The second-order valence-corrected chi connectivity index (χ2v) is 5.73. The molecule has 0 aromatic heterocycles. The summed E-state index contributed by atoms with van der Waals surface area (Å²) in [6, 6.07) is 8.95. The summed E-state index contributed by atoms with van der Waals surface area (Å²) in [4.78, 5) is 0. The Morgan fingerprint density at radius 2 is 1.81 bits per heavy atom. The van der Waals surface area contributed by atoms with Crippen molar-refractivity contribution in [3.8, 4) is 5.75 Å². The molecule has 0 saturated carbocycles. The molecule has 2 unspecified atom stereocenters. The topological polar surface area (TPSA) is 21.3 Å². The Balaban J connectivity index is 2.97. The smallest absolute Gasteiger partial charge is 0.124 e. The number of unbranched alkanes of at least 4 members (excludes halogenated alkanes) is 1. The molecular formula is C19H33NO. The van der Waals surface area contributed by atoms with Gasteiger partial charge in [0.05, 0.1) is 6.61 Å². The molecule has 0 spiro atoms. The van der Waals surface area contributed by atoms with Crippen LogP contribution in [0.15, 0.2) is 24.3 Å². The van der Waals surface area contributed by atoms with Gasteiger partial charge in [-0.3, -0.25) is 0 Å². The van der Waals surface area contributed by atoms with Crippen LogP contribution in [0, 0.1) is 5.92 Å². The van der Waals surface area contributed by atoms with Crippen LogP contribution in [0.4, 0.5) is 0 Å². The summed E-state index contributed by atoms with van der Waals surface area (Å²) in [6.07, 6.45) is 6.11. The van der Waals surface area contributed by atoms with Crippen LogP contribution in [0.1, 0.15) is 71.4 Å². The van der Waals surface area contributed by atoms with Crippen molar-refractivity contribution < 1.29 is 4.74 Å². The van der Waals surface area contributed by atoms with Gasteiger partial charge in [-0.05, 0) is 31.4 Å². The van der Waals surface area contributed by atoms with E-state index in [1.165, 1.54) is 31.2 Å². The molecular weight excluding hydrogens is 258 g/mol. The van der Waals surface area contributed by atoms with Crippen molar-refractivity contribution in [2.45, 2.75) is 65.8 Å². The van der Waals surface area contributed by atoms with E-state index in [-0.39, 0.29) is 0 Å². The third-order valence-electron chi connectivity index (χ3n) is 4.06. The van der Waals surface area contributed by atoms with Crippen LogP contribution in [0.25, 0.3) is 0 Å². The minimum atomic E-state index is 0.402. The molecule has 0 fully saturated rings. The maximum atomic E-state index is 5.97. The number of benzene rings is 1. The zero-order valence-corrected chi connectivity index (χ0v) is 14.3. The molecule has 0 aliphatic carbocycles. The summed E-state index contributed by atoms with van der Waals surface area (Å²) in [5.74, 6) is 1.73. The van der Waals surface area contributed by atoms with Crippen LogP contribution in [0.3, 0.4) is 0 Å². The zero-order chi connectivity index (χ0) is 15.5. The average molecular weight is 291 g/mol. The van der Waals surface area contributed by atoms with Crippen molar-refractivity contribution in [1.82, 2.24) is 5.32 Å². The summed E-state index contributed by atoms with van der Waals surface area (Å²) in [5, 5.41) is 3.70. The number of nitrogens with one attached hydrogen (secondary N) is 1. The van der Waals surface area contributed by atoms with Gasteiger partial charge in [0, 0.05) is 11.6 Å². The van der Waals surface area contributed by atoms with E-state index in [4.69, 9.17) is 4.74 Å². The first-order valence-corrected chi connectivity index (χ1v) is 8.73. The SMILES string of the molecule is CCCCC(CC)C(NCC)c1ccccc1OCCC. The highest BCUT2D eigenvalue weighted by molar-refractivity contribution is 5.36. The van der Waals surface area contributed by atoms with Gasteiger partial charge >= 0.3 is 0 Å². The second kappa shape index (κ2) is 10.7. The first kappa shape index (κ1) is 18.0. The Morgan fingerprint density at radius 3 is 2.43 bits per heavy atom. The lowest BCUT2D eigenvalue weighted by atomic mass is 9.86. The quantitative estimate of drug-likeness (QED) is 0.594. The standard InChI is InChI=1S/C19H33NO/c1-5-9-12-16(7-3)19(20-8-4)17-13-10-11-14-18(17)21-15-6-2/h10-11,13-14,16,19-20H,5-9,12,15H2,1-4H3. The van der Waals surface area contributed by atoms with Crippen LogP contribution in [0.2, 0.25) is 0 Å². The number of para-hydroxylation sites is 1. The molecule has 1 N–H and O–H groups in total. The maximum Gasteiger partial charge on any atom is 0.124 e. The van der Waals surface area contributed by atoms with Crippen molar-refractivity contribution in [2.75, 3.05) is 13.2 Å². The van der Waals surface area contributed by atoms with Crippen molar-refractivity contribution in [1.29, 1.82) is 0 Å². The third kappa shape index (κ3) is 5.70. The van der Waals surface area contributed by atoms with Gasteiger partial charge in [0.25, 0.3) is 0 Å². The Hall–Kier alpha value is -1.02. The highest BCUT2D eigenvalue weighted by atomic mass is 16.5. The molecule has 0 aliphatic heterocycles. The van der Waals surface area contributed by atoms with E-state index in [0.29, 0.717) is 12.0 Å². The van der Waals surface area contributed by atoms with Gasteiger partial charge in [0.2, 0.25) is 0 Å². The fraction of sp³-hybridized carbons (Fsp3) is 0.684. The number of ether oxygens (including phenoxy) is 1. The van der Waals surface area contributed by atoms with E-state index in [1.807, 2.05) is 0 Å². The predicted molar refractivity (Wildman–Crippen MR) is 92.0 cm³/mol. The Kier molecular flexibility index (Phi) is 9.16. The van der Waals surface area contributed by atoms with Gasteiger partial charge in [-0.15, -0.1) is 0 Å². The van der Waals surface area contributed by atoms with E-state index in [2.05, 4.69) is 57.3 Å². The Bertz CT molecular complexity index is 378. The van der Waals surface area contributed by atoms with Crippen molar-refractivity contribution in [2.24, 2.45) is 5.92 Å². The largest absolute Gasteiger partial charge is 0.493 e. The minimum absolute atomic E-state index is 0.402. The lowest BCUT2D eigenvalue weighted by Gasteiger charge is -2.29. The van der Waals surface area contributed by atoms with E-state index in [0.717, 1.165) is 25.3 Å². The van der Waals surface area contributed by atoms with E-state index >= 15 is 0 Å².